The van der Waals surface area contributed by atoms with Crippen LogP contribution >= 0.6 is 11.6 Å². The van der Waals surface area contributed by atoms with Crippen molar-refractivity contribution in [1.29, 1.82) is 0 Å². The number of H-pyrrole nitrogens is 1. The third-order valence-electron chi connectivity index (χ3n) is 3.81. The Bertz CT molecular complexity index is 569. The number of aromatic nitrogens is 2. The van der Waals surface area contributed by atoms with Crippen molar-refractivity contribution in [3.05, 3.63) is 29.0 Å². The van der Waals surface area contributed by atoms with Crippen molar-refractivity contribution >= 4 is 22.6 Å². The molecule has 19 heavy (non-hydrogen) atoms. The Balaban J connectivity index is 1.80. The minimum Gasteiger partial charge on any atom is -0.395 e. The van der Waals surface area contributed by atoms with Gasteiger partial charge >= 0.3 is 0 Å². The van der Waals surface area contributed by atoms with E-state index >= 15 is 0 Å². The standard InChI is InChI=1S/C14H18ClN3O/c15-10-4-5-12-13(7-10)17-14(16-12)8-18-6-2-1-3-11(18)9-19/h4-5,7,11,19H,1-3,6,8-9H2,(H,16,17)/t11-/m0/s1. The van der Waals surface area contributed by atoms with E-state index in [-0.39, 0.29) is 12.6 Å². The minimum atomic E-state index is 0.228. The molecule has 0 bridgehead atoms. The molecule has 1 fully saturated rings. The molecule has 0 amide bonds. The molecule has 4 nitrogen and oxygen atoms in total. The fourth-order valence-electron chi connectivity index (χ4n) is 2.78. The molecule has 0 saturated carbocycles. The number of fused-ring (bicyclic) bond motifs is 1. The highest BCUT2D eigenvalue weighted by atomic mass is 35.5. The van der Waals surface area contributed by atoms with E-state index in [9.17, 15) is 5.11 Å². The van der Waals surface area contributed by atoms with Crippen LogP contribution in [0.25, 0.3) is 11.0 Å². The second-order valence-electron chi connectivity index (χ2n) is 5.15. The fourth-order valence-corrected chi connectivity index (χ4v) is 2.95. The lowest BCUT2D eigenvalue weighted by molar-refractivity contribution is 0.0822. The summed E-state index contributed by atoms with van der Waals surface area (Å²) in [5.41, 5.74) is 1.91. The first-order valence-corrected chi connectivity index (χ1v) is 7.13. The van der Waals surface area contributed by atoms with E-state index in [2.05, 4.69) is 14.9 Å². The number of rotatable bonds is 3. The van der Waals surface area contributed by atoms with Gasteiger partial charge in [-0.15, -0.1) is 0 Å². The molecule has 0 aliphatic carbocycles. The molecular formula is C14H18ClN3O. The molecule has 0 unspecified atom stereocenters. The summed E-state index contributed by atoms with van der Waals surface area (Å²) in [6, 6.07) is 5.95. The molecule has 1 aromatic heterocycles. The van der Waals surface area contributed by atoms with Crippen molar-refractivity contribution in [1.82, 2.24) is 14.9 Å². The topological polar surface area (TPSA) is 52.1 Å². The van der Waals surface area contributed by atoms with Crippen LogP contribution in [0, 0.1) is 0 Å². The Kier molecular flexibility index (Phi) is 3.73. The van der Waals surface area contributed by atoms with Gasteiger partial charge in [0.15, 0.2) is 0 Å². The highest BCUT2D eigenvalue weighted by Crippen LogP contribution is 2.21. The SMILES string of the molecule is OC[C@@H]1CCCCN1Cc1nc2ccc(Cl)cc2[nH]1. The Hall–Kier alpha value is -1.10. The number of hydrogen-bond donors (Lipinski definition) is 2. The van der Waals surface area contributed by atoms with Gasteiger partial charge in [-0.2, -0.15) is 0 Å². The number of aliphatic hydroxyl groups excluding tert-OH is 1. The third-order valence-corrected chi connectivity index (χ3v) is 4.04. The quantitative estimate of drug-likeness (QED) is 0.908. The lowest BCUT2D eigenvalue weighted by Crippen LogP contribution is -2.41. The molecule has 1 aliphatic rings. The Morgan fingerprint density at radius 2 is 2.32 bits per heavy atom. The van der Waals surface area contributed by atoms with Crippen LogP contribution in [0.1, 0.15) is 25.1 Å². The molecule has 0 spiro atoms. The number of benzene rings is 1. The number of halogens is 1. The Labute approximate surface area is 117 Å². The van der Waals surface area contributed by atoms with Crippen molar-refractivity contribution in [2.24, 2.45) is 0 Å². The van der Waals surface area contributed by atoms with Crippen LogP contribution in [0.5, 0.6) is 0 Å². The second-order valence-corrected chi connectivity index (χ2v) is 5.58. The van der Waals surface area contributed by atoms with E-state index in [4.69, 9.17) is 11.6 Å². The molecule has 1 aliphatic heterocycles. The number of piperidine rings is 1. The van der Waals surface area contributed by atoms with Gasteiger partial charge in [-0.25, -0.2) is 4.98 Å². The van der Waals surface area contributed by atoms with Crippen molar-refractivity contribution in [2.45, 2.75) is 31.8 Å². The summed E-state index contributed by atoms with van der Waals surface area (Å²) in [6.07, 6.45) is 3.47. The van der Waals surface area contributed by atoms with E-state index in [1.165, 1.54) is 12.8 Å². The first kappa shape index (κ1) is 12.9. The number of nitrogens with one attached hydrogen (secondary N) is 1. The van der Waals surface area contributed by atoms with Crippen LogP contribution in [0.3, 0.4) is 0 Å². The van der Waals surface area contributed by atoms with E-state index in [0.29, 0.717) is 5.02 Å². The van der Waals surface area contributed by atoms with Gasteiger partial charge < -0.3 is 10.1 Å². The zero-order chi connectivity index (χ0) is 13.2. The Morgan fingerprint density at radius 3 is 3.16 bits per heavy atom. The monoisotopic (exact) mass is 279 g/mol. The highest BCUT2D eigenvalue weighted by Gasteiger charge is 2.22. The Morgan fingerprint density at radius 1 is 1.42 bits per heavy atom. The summed E-state index contributed by atoms with van der Waals surface area (Å²) >= 11 is 5.97. The number of imidazole rings is 1. The molecular weight excluding hydrogens is 262 g/mol. The number of hydrogen-bond acceptors (Lipinski definition) is 3. The van der Waals surface area contributed by atoms with E-state index in [1.807, 2.05) is 18.2 Å². The van der Waals surface area contributed by atoms with Crippen LogP contribution in [0.15, 0.2) is 18.2 Å². The summed E-state index contributed by atoms with van der Waals surface area (Å²) in [6.45, 7) is 2.02. The molecule has 102 valence electrons. The molecule has 2 heterocycles. The summed E-state index contributed by atoms with van der Waals surface area (Å²) < 4.78 is 0. The van der Waals surface area contributed by atoms with Crippen LogP contribution < -0.4 is 0 Å². The van der Waals surface area contributed by atoms with Crippen molar-refractivity contribution in [3.63, 3.8) is 0 Å². The van der Waals surface area contributed by atoms with Crippen molar-refractivity contribution < 1.29 is 5.11 Å². The van der Waals surface area contributed by atoms with Gasteiger partial charge in [0.05, 0.1) is 24.2 Å². The maximum Gasteiger partial charge on any atom is 0.121 e. The van der Waals surface area contributed by atoms with Gasteiger partial charge in [0.25, 0.3) is 0 Å². The van der Waals surface area contributed by atoms with E-state index in [0.717, 1.165) is 36.4 Å². The average molecular weight is 280 g/mol. The number of nitrogens with zero attached hydrogens (tertiary/aromatic N) is 2. The van der Waals surface area contributed by atoms with Gasteiger partial charge in [0, 0.05) is 11.1 Å². The predicted molar refractivity (Wildman–Crippen MR) is 76.2 cm³/mol. The van der Waals surface area contributed by atoms with Gasteiger partial charge in [-0.3, -0.25) is 4.90 Å². The van der Waals surface area contributed by atoms with Crippen LogP contribution in [-0.2, 0) is 6.54 Å². The summed E-state index contributed by atoms with van der Waals surface area (Å²) in [5.74, 6) is 0.942. The van der Waals surface area contributed by atoms with Crippen molar-refractivity contribution in [2.75, 3.05) is 13.2 Å². The first-order chi connectivity index (χ1) is 9.26. The summed E-state index contributed by atoms with van der Waals surface area (Å²) in [7, 11) is 0. The fraction of sp³-hybridized carbons (Fsp3) is 0.500. The van der Waals surface area contributed by atoms with Crippen LogP contribution in [-0.4, -0.2) is 39.2 Å². The summed E-state index contributed by atoms with van der Waals surface area (Å²) in [4.78, 5) is 10.2. The second kappa shape index (κ2) is 5.49. The van der Waals surface area contributed by atoms with Gasteiger partial charge in [-0.1, -0.05) is 18.0 Å². The number of aromatic amines is 1. The first-order valence-electron chi connectivity index (χ1n) is 6.75. The van der Waals surface area contributed by atoms with E-state index < -0.39 is 0 Å². The molecule has 0 radical (unpaired) electrons. The smallest absolute Gasteiger partial charge is 0.121 e. The highest BCUT2D eigenvalue weighted by molar-refractivity contribution is 6.31. The lowest BCUT2D eigenvalue weighted by atomic mass is 10.0. The van der Waals surface area contributed by atoms with Crippen molar-refractivity contribution in [3.8, 4) is 0 Å². The molecule has 1 saturated heterocycles. The minimum absolute atomic E-state index is 0.228. The molecule has 2 N–H and O–H groups in total. The third kappa shape index (κ3) is 2.76. The molecule has 5 heteroatoms. The maximum absolute atomic E-state index is 9.43. The van der Waals surface area contributed by atoms with Gasteiger partial charge in [-0.05, 0) is 37.6 Å². The molecule has 3 rings (SSSR count). The lowest BCUT2D eigenvalue weighted by Gasteiger charge is -2.33. The van der Waals surface area contributed by atoms with Gasteiger partial charge in [0.2, 0.25) is 0 Å². The summed E-state index contributed by atoms with van der Waals surface area (Å²) in [5, 5.41) is 10.1. The number of likely N-dealkylation sites (tertiary alicyclic amines) is 1. The number of aliphatic hydroxyl groups is 1. The molecule has 1 atom stereocenters. The zero-order valence-electron chi connectivity index (χ0n) is 10.8. The van der Waals surface area contributed by atoms with E-state index in [1.54, 1.807) is 0 Å². The average Bonchev–Trinajstić information content (AvgIpc) is 2.80. The van der Waals surface area contributed by atoms with Crippen LogP contribution in [0.2, 0.25) is 5.02 Å². The van der Waals surface area contributed by atoms with Crippen LogP contribution in [0.4, 0.5) is 0 Å². The predicted octanol–water partition coefficient (Wildman–Crippen LogP) is 2.56. The normalized spacial score (nSPS) is 21.1. The largest absolute Gasteiger partial charge is 0.395 e. The molecule has 1 aromatic carbocycles. The molecule has 2 aromatic rings. The zero-order valence-corrected chi connectivity index (χ0v) is 11.5. The van der Waals surface area contributed by atoms with Gasteiger partial charge in [0.1, 0.15) is 5.82 Å². The maximum atomic E-state index is 9.43.